The molecule has 0 aliphatic carbocycles. The topological polar surface area (TPSA) is 60.8 Å². The highest BCUT2D eigenvalue weighted by molar-refractivity contribution is 6.43. The van der Waals surface area contributed by atoms with Gasteiger partial charge in [-0.3, -0.25) is 0 Å². The summed E-state index contributed by atoms with van der Waals surface area (Å²) in [5.41, 5.74) is 1.77. The van der Waals surface area contributed by atoms with Crippen molar-refractivity contribution in [2.45, 2.75) is 25.6 Å². The van der Waals surface area contributed by atoms with Gasteiger partial charge in [0.2, 0.25) is 0 Å². The van der Waals surface area contributed by atoms with Crippen molar-refractivity contribution in [2.24, 2.45) is 0 Å². The van der Waals surface area contributed by atoms with E-state index in [-0.39, 0.29) is 18.3 Å². The van der Waals surface area contributed by atoms with Crippen molar-refractivity contribution < 1.29 is 23.5 Å². The first-order chi connectivity index (χ1) is 12.1. The van der Waals surface area contributed by atoms with Crippen molar-refractivity contribution in [1.82, 2.24) is 4.98 Å². The monoisotopic (exact) mass is 345 g/mol. The molecule has 0 spiro atoms. The van der Waals surface area contributed by atoms with Gasteiger partial charge in [-0.25, -0.2) is 9.37 Å². The maximum absolute atomic E-state index is 14.2. The van der Waals surface area contributed by atoms with Crippen LogP contribution in [0.5, 0.6) is 11.5 Å². The second-order valence-electron chi connectivity index (χ2n) is 6.00. The minimum absolute atomic E-state index is 0.246. The highest BCUT2D eigenvalue weighted by Gasteiger charge is 2.32. The van der Waals surface area contributed by atoms with Crippen LogP contribution >= 0.6 is 0 Å². The molecule has 1 aliphatic rings. The first-order valence-corrected chi connectivity index (χ1v) is 8.39. The molecule has 3 rings (SSSR count). The maximum atomic E-state index is 14.2. The van der Waals surface area contributed by atoms with Crippen molar-refractivity contribution in [3.05, 3.63) is 41.8 Å². The van der Waals surface area contributed by atoms with Crippen molar-refractivity contribution in [3.63, 3.8) is 0 Å². The summed E-state index contributed by atoms with van der Waals surface area (Å²) >= 11 is 0. The SMILES string of the molecule is CCCOc1cc(-c2ccc(F)c([C@H]3COB(O)C3)n2)ccc1OC. The molecule has 0 radical (unpaired) electrons. The molecule has 0 saturated carbocycles. The summed E-state index contributed by atoms with van der Waals surface area (Å²) in [6.45, 7) is 2.88. The van der Waals surface area contributed by atoms with Crippen LogP contribution < -0.4 is 9.47 Å². The third-order valence-corrected chi connectivity index (χ3v) is 4.16. The van der Waals surface area contributed by atoms with Gasteiger partial charge in [-0.2, -0.15) is 0 Å². The van der Waals surface area contributed by atoms with Gasteiger partial charge < -0.3 is 19.2 Å². The Morgan fingerprint density at radius 1 is 1.32 bits per heavy atom. The number of nitrogens with zero attached hydrogens (tertiary/aromatic N) is 1. The minimum Gasteiger partial charge on any atom is -0.493 e. The van der Waals surface area contributed by atoms with E-state index in [1.807, 2.05) is 25.1 Å². The van der Waals surface area contributed by atoms with Crippen LogP contribution in [0.2, 0.25) is 6.32 Å². The molecule has 2 aromatic rings. The van der Waals surface area contributed by atoms with Gasteiger partial charge in [-0.05, 0) is 43.1 Å². The Hall–Kier alpha value is -2.12. The van der Waals surface area contributed by atoms with Crippen LogP contribution in [-0.2, 0) is 4.65 Å². The number of hydrogen-bond acceptors (Lipinski definition) is 5. The first-order valence-electron chi connectivity index (χ1n) is 8.39. The minimum atomic E-state index is -0.857. The van der Waals surface area contributed by atoms with Crippen LogP contribution in [0, 0.1) is 5.82 Å². The lowest BCUT2D eigenvalue weighted by Crippen LogP contribution is -2.08. The van der Waals surface area contributed by atoms with Gasteiger partial charge in [-0.1, -0.05) is 6.92 Å². The summed E-state index contributed by atoms with van der Waals surface area (Å²) in [7, 11) is 0.734. The van der Waals surface area contributed by atoms with E-state index in [4.69, 9.17) is 14.1 Å². The number of aromatic nitrogens is 1. The standard InChI is InChI=1S/C18H21BFNO4/c1-3-8-24-17-9-12(4-7-16(17)23-2)15-6-5-14(20)18(21-15)13-10-19(22)25-11-13/h4-7,9,13,22H,3,8,10-11H2,1-2H3/t13-/m1/s1. The van der Waals surface area contributed by atoms with Crippen molar-refractivity contribution in [3.8, 4) is 22.8 Å². The molecule has 1 atom stereocenters. The van der Waals surface area contributed by atoms with Gasteiger partial charge in [0, 0.05) is 18.1 Å². The van der Waals surface area contributed by atoms with E-state index >= 15 is 0 Å². The normalized spacial score (nSPS) is 17.0. The zero-order valence-corrected chi connectivity index (χ0v) is 14.4. The van der Waals surface area contributed by atoms with Crippen LogP contribution in [-0.4, -0.2) is 37.4 Å². The van der Waals surface area contributed by atoms with Crippen LogP contribution in [0.15, 0.2) is 30.3 Å². The second-order valence-corrected chi connectivity index (χ2v) is 6.00. The number of halogens is 1. The Labute approximate surface area is 146 Å². The Kier molecular flexibility index (Phi) is 5.55. The molecule has 25 heavy (non-hydrogen) atoms. The van der Waals surface area contributed by atoms with E-state index in [1.165, 1.54) is 6.07 Å². The summed E-state index contributed by atoms with van der Waals surface area (Å²) in [6.07, 6.45) is 1.23. The smallest absolute Gasteiger partial charge is 0.454 e. The molecule has 5 nitrogen and oxygen atoms in total. The molecular weight excluding hydrogens is 324 g/mol. The molecule has 1 aliphatic heterocycles. The molecule has 132 valence electrons. The zero-order chi connectivity index (χ0) is 17.8. The average Bonchev–Trinajstić information content (AvgIpc) is 3.06. The quantitative estimate of drug-likeness (QED) is 0.815. The lowest BCUT2D eigenvalue weighted by atomic mass is 9.81. The van der Waals surface area contributed by atoms with E-state index < -0.39 is 7.12 Å². The fraction of sp³-hybridized carbons (Fsp3) is 0.389. The second kappa shape index (κ2) is 7.84. The third kappa shape index (κ3) is 3.94. The number of pyridine rings is 1. The van der Waals surface area contributed by atoms with Gasteiger partial charge in [0.15, 0.2) is 11.5 Å². The van der Waals surface area contributed by atoms with Crippen LogP contribution in [0.25, 0.3) is 11.3 Å². The van der Waals surface area contributed by atoms with E-state index in [9.17, 15) is 9.41 Å². The van der Waals surface area contributed by atoms with Crippen molar-refractivity contribution in [2.75, 3.05) is 20.3 Å². The highest BCUT2D eigenvalue weighted by Crippen LogP contribution is 2.34. The Morgan fingerprint density at radius 2 is 2.16 bits per heavy atom. The zero-order valence-electron chi connectivity index (χ0n) is 14.4. The van der Waals surface area contributed by atoms with Gasteiger partial charge in [-0.15, -0.1) is 0 Å². The summed E-state index contributed by atoms with van der Waals surface area (Å²) in [4.78, 5) is 4.47. The third-order valence-electron chi connectivity index (χ3n) is 4.16. The summed E-state index contributed by atoms with van der Waals surface area (Å²) < 4.78 is 30.4. The van der Waals surface area contributed by atoms with E-state index in [0.29, 0.717) is 35.8 Å². The molecule has 1 fully saturated rings. The highest BCUT2D eigenvalue weighted by atomic mass is 19.1. The number of rotatable bonds is 6. The molecule has 1 N–H and O–H groups in total. The first kappa shape index (κ1) is 17.7. The molecule has 0 unspecified atom stereocenters. The molecule has 1 aromatic carbocycles. The van der Waals surface area contributed by atoms with E-state index in [0.717, 1.165) is 12.0 Å². The Bertz CT molecular complexity index is 743. The van der Waals surface area contributed by atoms with Gasteiger partial charge >= 0.3 is 7.12 Å². The fourth-order valence-electron chi connectivity index (χ4n) is 2.86. The molecule has 7 heteroatoms. The van der Waals surface area contributed by atoms with Gasteiger partial charge in [0.1, 0.15) is 5.82 Å². The predicted molar refractivity (Wildman–Crippen MR) is 93.4 cm³/mol. The molecule has 1 aromatic heterocycles. The summed E-state index contributed by atoms with van der Waals surface area (Å²) in [5.74, 6) is 0.646. The number of benzene rings is 1. The molecule has 2 heterocycles. The fourth-order valence-corrected chi connectivity index (χ4v) is 2.86. The average molecular weight is 345 g/mol. The van der Waals surface area contributed by atoms with Gasteiger partial charge in [0.25, 0.3) is 0 Å². The molecular formula is C18H21BFNO4. The number of ether oxygens (including phenoxy) is 2. The maximum Gasteiger partial charge on any atom is 0.454 e. The van der Waals surface area contributed by atoms with Crippen LogP contribution in [0.1, 0.15) is 25.0 Å². The summed E-state index contributed by atoms with van der Waals surface area (Å²) in [5, 5.41) is 9.51. The largest absolute Gasteiger partial charge is 0.493 e. The lowest BCUT2D eigenvalue weighted by molar-refractivity contribution is 0.290. The molecule has 0 bridgehead atoms. The van der Waals surface area contributed by atoms with Crippen molar-refractivity contribution >= 4 is 7.12 Å². The van der Waals surface area contributed by atoms with E-state index in [1.54, 1.807) is 13.2 Å². The van der Waals surface area contributed by atoms with E-state index in [2.05, 4.69) is 4.98 Å². The number of hydrogen-bond donors (Lipinski definition) is 1. The molecule has 1 saturated heterocycles. The molecule has 0 amide bonds. The Morgan fingerprint density at radius 3 is 2.84 bits per heavy atom. The van der Waals surface area contributed by atoms with Crippen molar-refractivity contribution in [1.29, 1.82) is 0 Å². The Balaban J connectivity index is 1.93. The summed E-state index contributed by atoms with van der Waals surface area (Å²) in [6, 6.07) is 8.56. The van der Waals surface area contributed by atoms with Crippen LogP contribution in [0.3, 0.4) is 0 Å². The number of methoxy groups -OCH3 is 1. The van der Waals surface area contributed by atoms with Gasteiger partial charge in [0.05, 0.1) is 25.1 Å². The predicted octanol–water partition coefficient (Wildman–Crippen LogP) is 3.28. The van der Waals surface area contributed by atoms with Crippen LogP contribution in [0.4, 0.5) is 4.39 Å². The lowest BCUT2D eigenvalue weighted by Gasteiger charge is -2.13.